The number of imidazole rings is 1. The zero-order valence-electron chi connectivity index (χ0n) is 6.37. The van der Waals surface area contributed by atoms with Crippen LogP contribution in [-0.2, 0) is 29.3 Å². The molecule has 2 heterocycles. The number of hydrogen-bond donors (Lipinski definition) is 1. The first-order chi connectivity index (χ1) is 5.83. The van der Waals surface area contributed by atoms with Crippen molar-refractivity contribution in [1.29, 1.82) is 0 Å². The van der Waals surface area contributed by atoms with Gasteiger partial charge in [0.25, 0.3) is 0 Å². The molecule has 1 N–H and O–H groups in total. The molecule has 2 rings (SSSR count). The maximum Gasteiger partial charge on any atom is 0.326 e. The molecule has 5 heteroatoms. The van der Waals surface area contributed by atoms with E-state index in [1.165, 1.54) is 4.57 Å². The Morgan fingerprint density at radius 2 is 2.42 bits per heavy atom. The van der Waals surface area contributed by atoms with Gasteiger partial charge in [-0.25, -0.2) is 4.79 Å². The number of H-pyrrole nitrogens is 1. The van der Waals surface area contributed by atoms with E-state index < -0.39 is 0 Å². The summed E-state index contributed by atoms with van der Waals surface area (Å²) in [5.74, 6) is 0. The number of rotatable bonds is 2. The van der Waals surface area contributed by atoms with E-state index in [1.807, 2.05) is 0 Å². The molecular weight excluding hydrogens is 160 g/mol. The van der Waals surface area contributed by atoms with Crippen molar-refractivity contribution < 1.29 is 9.53 Å². The van der Waals surface area contributed by atoms with Gasteiger partial charge in [-0.15, -0.1) is 0 Å². The Morgan fingerprint density at radius 1 is 1.58 bits per heavy atom. The normalized spacial score (nSPS) is 14.7. The highest BCUT2D eigenvalue weighted by molar-refractivity contribution is 5.49. The predicted molar refractivity (Wildman–Crippen MR) is 39.6 cm³/mol. The van der Waals surface area contributed by atoms with Crippen molar-refractivity contribution in [3.63, 3.8) is 0 Å². The lowest BCUT2D eigenvalue weighted by Gasteiger charge is -1.96. The van der Waals surface area contributed by atoms with Crippen molar-refractivity contribution >= 4 is 6.29 Å². The van der Waals surface area contributed by atoms with Gasteiger partial charge in [-0.1, -0.05) is 0 Å². The van der Waals surface area contributed by atoms with Crippen LogP contribution in [0.5, 0.6) is 0 Å². The quantitative estimate of drug-likeness (QED) is 0.600. The van der Waals surface area contributed by atoms with Gasteiger partial charge in [0.05, 0.1) is 31.1 Å². The second kappa shape index (κ2) is 2.60. The number of carbonyl (C=O) groups excluding carboxylic acids is 1. The fourth-order valence-corrected chi connectivity index (χ4v) is 1.36. The highest BCUT2D eigenvalue weighted by Crippen LogP contribution is 2.14. The molecule has 0 spiro atoms. The van der Waals surface area contributed by atoms with Crippen molar-refractivity contribution in [3.8, 4) is 0 Å². The van der Waals surface area contributed by atoms with E-state index in [2.05, 4.69) is 4.98 Å². The van der Waals surface area contributed by atoms with Crippen molar-refractivity contribution in [2.75, 3.05) is 0 Å². The maximum atomic E-state index is 11.1. The summed E-state index contributed by atoms with van der Waals surface area (Å²) in [7, 11) is 0. The Morgan fingerprint density at radius 3 is 3.17 bits per heavy atom. The molecule has 12 heavy (non-hydrogen) atoms. The number of aromatic nitrogens is 2. The summed E-state index contributed by atoms with van der Waals surface area (Å²) >= 11 is 0. The fourth-order valence-electron chi connectivity index (χ4n) is 1.36. The largest absolute Gasteiger partial charge is 0.369 e. The zero-order valence-corrected chi connectivity index (χ0v) is 6.37. The molecule has 0 radical (unpaired) electrons. The Kier molecular flexibility index (Phi) is 1.58. The third kappa shape index (κ3) is 0.902. The summed E-state index contributed by atoms with van der Waals surface area (Å²) in [6.07, 6.45) is 0.702. The van der Waals surface area contributed by atoms with Crippen LogP contribution in [0.1, 0.15) is 11.4 Å². The average molecular weight is 168 g/mol. The average Bonchev–Trinajstić information content (AvgIpc) is 2.56. The highest BCUT2D eigenvalue weighted by atomic mass is 16.5. The highest BCUT2D eigenvalue weighted by Gasteiger charge is 2.18. The molecule has 0 fully saturated rings. The lowest BCUT2D eigenvalue weighted by atomic mass is 10.4. The number of fused-ring (bicyclic) bond motifs is 1. The van der Waals surface area contributed by atoms with Crippen molar-refractivity contribution in [3.05, 3.63) is 21.9 Å². The minimum atomic E-state index is -0.226. The monoisotopic (exact) mass is 168 g/mol. The van der Waals surface area contributed by atoms with Crippen LogP contribution in [0.15, 0.2) is 4.79 Å². The van der Waals surface area contributed by atoms with E-state index in [0.29, 0.717) is 19.5 Å². The lowest BCUT2D eigenvalue weighted by molar-refractivity contribution is -0.108. The summed E-state index contributed by atoms with van der Waals surface area (Å²) < 4.78 is 6.49. The van der Waals surface area contributed by atoms with E-state index in [9.17, 15) is 9.59 Å². The van der Waals surface area contributed by atoms with Crippen LogP contribution in [-0.4, -0.2) is 15.8 Å². The minimum Gasteiger partial charge on any atom is -0.369 e. The van der Waals surface area contributed by atoms with Gasteiger partial charge in [-0.05, 0) is 0 Å². The van der Waals surface area contributed by atoms with Gasteiger partial charge in [0.2, 0.25) is 0 Å². The summed E-state index contributed by atoms with van der Waals surface area (Å²) in [6.45, 7) is 0.965. The molecule has 1 aromatic rings. The van der Waals surface area contributed by atoms with Gasteiger partial charge in [0, 0.05) is 0 Å². The molecule has 0 amide bonds. The van der Waals surface area contributed by atoms with Crippen molar-refractivity contribution in [2.45, 2.75) is 19.8 Å². The third-order valence-corrected chi connectivity index (χ3v) is 1.92. The van der Waals surface area contributed by atoms with Gasteiger partial charge in [-0.3, -0.25) is 4.57 Å². The summed E-state index contributed by atoms with van der Waals surface area (Å²) in [4.78, 5) is 24.0. The van der Waals surface area contributed by atoms with E-state index in [-0.39, 0.29) is 12.2 Å². The molecule has 1 aliphatic rings. The Labute approximate surface area is 68.0 Å². The zero-order chi connectivity index (χ0) is 8.55. The lowest BCUT2D eigenvalue weighted by Crippen LogP contribution is -2.19. The summed E-state index contributed by atoms with van der Waals surface area (Å²) in [5, 5.41) is 0. The van der Waals surface area contributed by atoms with E-state index in [0.717, 1.165) is 11.4 Å². The van der Waals surface area contributed by atoms with E-state index >= 15 is 0 Å². The Balaban J connectivity index is 2.51. The minimum absolute atomic E-state index is 0.105. The van der Waals surface area contributed by atoms with Gasteiger partial charge in [0.1, 0.15) is 6.29 Å². The van der Waals surface area contributed by atoms with Crippen LogP contribution in [0, 0.1) is 0 Å². The Bertz CT molecular complexity index is 363. The molecule has 1 aromatic heterocycles. The molecule has 0 aromatic carbocycles. The second-order valence-electron chi connectivity index (χ2n) is 2.63. The van der Waals surface area contributed by atoms with Gasteiger partial charge >= 0.3 is 5.69 Å². The number of aldehydes is 1. The van der Waals surface area contributed by atoms with Crippen LogP contribution in [0.2, 0.25) is 0 Å². The van der Waals surface area contributed by atoms with Crippen LogP contribution in [0.4, 0.5) is 0 Å². The first-order valence-corrected chi connectivity index (χ1v) is 3.65. The van der Waals surface area contributed by atoms with Gasteiger partial charge in [0.15, 0.2) is 0 Å². The molecule has 0 aliphatic carbocycles. The van der Waals surface area contributed by atoms with Crippen molar-refractivity contribution in [1.82, 2.24) is 9.55 Å². The first-order valence-electron chi connectivity index (χ1n) is 3.65. The van der Waals surface area contributed by atoms with E-state index in [1.54, 1.807) is 0 Å². The molecule has 0 atom stereocenters. The summed E-state index contributed by atoms with van der Waals surface area (Å²) in [6, 6.07) is 0. The fraction of sp³-hybridized carbons (Fsp3) is 0.429. The number of ether oxygens (including phenoxy) is 1. The molecule has 0 bridgehead atoms. The molecule has 0 saturated heterocycles. The smallest absolute Gasteiger partial charge is 0.326 e. The van der Waals surface area contributed by atoms with Crippen LogP contribution < -0.4 is 5.69 Å². The number of aromatic amines is 1. The molecule has 0 saturated carbocycles. The first kappa shape index (κ1) is 7.30. The summed E-state index contributed by atoms with van der Waals surface area (Å²) in [5.41, 5.74) is 1.37. The van der Waals surface area contributed by atoms with Crippen LogP contribution in [0.3, 0.4) is 0 Å². The van der Waals surface area contributed by atoms with Crippen molar-refractivity contribution in [2.24, 2.45) is 0 Å². The molecule has 5 nitrogen and oxygen atoms in total. The van der Waals surface area contributed by atoms with Gasteiger partial charge in [-0.2, -0.15) is 0 Å². The topological polar surface area (TPSA) is 64.1 Å². The SMILES string of the molecule is O=CCn1c2c([nH]c1=O)COC2. The molecule has 0 unspecified atom stereocenters. The number of nitrogens with zero attached hydrogens (tertiary/aromatic N) is 1. The van der Waals surface area contributed by atoms with Crippen LogP contribution >= 0.6 is 0 Å². The maximum absolute atomic E-state index is 11.1. The molecule has 64 valence electrons. The standard InChI is InChI=1S/C7H8N2O3/c10-2-1-9-6-4-12-3-5(6)8-7(9)11/h2H,1,3-4H2,(H,8,11). The van der Waals surface area contributed by atoms with E-state index in [4.69, 9.17) is 4.74 Å². The second-order valence-corrected chi connectivity index (χ2v) is 2.63. The molecule has 1 aliphatic heterocycles. The Hall–Kier alpha value is -1.36. The van der Waals surface area contributed by atoms with Gasteiger partial charge < -0.3 is 14.5 Å². The third-order valence-electron chi connectivity index (χ3n) is 1.92. The molecular formula is C7H8N2O3. The van der Waals surface area contributed by atoms with Crippen LogP contribution in [0.25, 0.3) is 0 Å². The number of carbonyl (C=O) groups is 1. The predicted octanol–water partition coefficient (Wildman–Crippen LogP) is -0.595. The number of nitrogens with one attached hydrogen (secondary N) is 1. The number of hydrogen-bond acceptors (Lipinski definition) is 3.